The van der Waals surface area contributed by atoms with Gasteiger partial charge in [-0.15, -0.1) is 0 Å². The summed E-state index contributed by atoms with van der Waals surface area (Å²) in [6, 6.07) is 16.3. The van der Waals surface area contributed by atoms with Crippen LogP contribution in [-0.2, 0) is 21.6 Å². The van der Waals surface area contributed by atoms with E-state index in [4.69, 9.17) is 9.72 Å². The molecule has 0 aliphatic carbocycles. The summed E-state index contributed by atoms with van der Waals surface area (Å²) in [5, 5.41) is 1.00. The summed E-state index contributed by atoms with van der Waals surface area (Å²) in [6.07, 6.45) is 1.20. The summed E-state index contributed by atoms with van der Waals surface area (Å²) < 4.78 is 46.2. The first-order valence-electron chi connectivity index (χ1n) is 12.7. The van der Waals surface area contributed by atoms with E-state index in [1.54, 1.807) is 25.3 Å². The van der Waals surface area contributed by atoms with E-state index in [-0.39, 0.29) is 5.82 Å². The Hall–Kier alpha value is -3.27. The van der Waals surface area contributed by atoms with Crippen molar-refractivity contribution in [3.8, 4) is 22.5 Å². The monoisotopic (exact) mass is 536 g/mol. The Morgan fingerprint density at radius 2 is 1.66 bits per heavy atom. The average molecular weight is 537 g/mol. The van der Waals surface area contributed by atoms with Crippen molar-refractivity contribution in [3.05, 3.63) is 66.1 Å². The molecule has 0 spiro atoms. The van der Waals surface area contributed by atoms with Gasteiger partial charge in [-0.1, -0.05) is 18.2 Å². The minimum atomic E-state index is -3.26. The number of hydrogen-bond acceptors (Lipinski definition) is 6. The number of fused-ring (bicyclic) bond motifs is 1. The van der Waals surface area contributed by atoms with E-state index >= 15 is 4.39 Å². The van der Waals surface area contributed by atoms with Crippen molar-refractivity contribution >= 4 is 26.4 Å². The van der Waals surface area contributed by atoms with Crippen LogP contribution >= 0.6 is 0 Å². The average Bonchev–Trinajstić information content (AvgIpc) is 3.24. The van der Waals surface area contributed by atoms with Gasteiger partial charge in [0.25, 0.3) is 0 Å². The number of sulfone groups is 1. The Morgan fingerprint density at radius 3 is 2.29 bits per heavy atom. The minimum Gasteiger partial charge on any atom is -0.383 e. The lowest BCUT2D eigenvalue weighted by Gasteiger charge is -2.36. The van der Waals surface area contributed by atoms with Crippen molar-refractivity contribution in [2.75, 3.05) is 57.6 Å². The first-order chi connectivity index (χ1) is 18.2. The summed E-state index contributed by atoms with van der Waals surface area (Å²) in [4.78, 5) is 9.52. The molecular weight excluding hydrogens is 503 g/mol. The molecule has 2 aromatic heterocycles. The van der Waals surface area contributed by atoms with Gasteiger partial charge >= 0.3 is 0 Å². The lowest BCUT2D eigenvalue weighted by atomic mass is 10.1. The molecule has 0 atom stereocenters. The molecule has 9 heteroatoms. The Kier molecular flexibility index (Phi) is 7.26. The minimum absolute atomic E-state index is 0.245. The van der Waals surface area contributed by atoms with Gasteiger partial charge in [-0.3, -0.25) is 9.88 Å². The van der Waals surface area contributed by atoms with Gasteiger partial charge in [-0.2, -0.15) is 0 Å². The number of methoxy groups -OCH3 is 1. The first kappa shape index (κ1) is 26.3. The molecule has 1 fully saturated rings. The normalized spacial score (nSPS) is 14.9. The maximum atomic E-state index is 15.3. The molecule has 2 aromatic carbocycles. The van der Waals surface area contributed by atoms with Crippen molar-refractivity contribution in [2.45, 2.75) is 11.8 Å². The predicted octanol–water partition coefficient (Wildman–Crippen LogP) is 4.53. The summed E-state index contributed by atoms with van der Waals surface area (Å²) in [6.45, 7) is 6.88. The molecule has 4 aromatic rings. The van der Waals surface area contributed by atoms with Crippen LogP contribution in [0.1, 0.15) is 5.69 Å². The van der Waals surface area contributed by atoms with Crippen LogP contribution in [0, 0.1) is 12.7 Å². The molecule has 1 aliphatic heterocycles. The van der Waals surface area contributed by atoms with Crippen molar-refractivity contribution in [3.63, 3.8) is 0 Å². The fraction of sp³-hybridized carbons (Fsp3) is 0.345. The Morgan fingerprint density at radius 1 is 0.974 bits per heavy atom. The summed E-state index contributed by atoms with van der Waals surface area (Å²) in [5.74, 6) is -0.245. The molecule has 0 unspecified atom stereocenters. The fourth-order valence-corrected chi connectivity index (χ4v) is 5.77. The highest BCUT2D eigenvalue weighted by molar-refractivity contribution is 7.90. The van der Waals surface area contributed by atoms with Crippen LogP contribution < -0.4 is 4.90 Å². The number of aromatic nitrogens is 2. The lowest BCUT2D eigenvalue weighted by Crippen LogP contribution is -2.47. The SMILES string of the molecule is COCCN1CCN(c2ccc(-c3cc4c(cc(-c5ccc(S(C)(=O)=O)cc5)n4C)c(C)n3)cc2F)CC1. The molecule has 5 rings (SSSR count). The van der Waals surface area contributed by atoms with Crippen LogP contribution in [-0.4, -0.2) is 75.6 Å². The third-order valence-corrected chi connectivity index (χ3v) is 8.51. The van der Waals surface area contributed by atoms with E-state index in [2.05, 4.69) is 20.4 Å². The number of pyridine rings is 1. The number of nitrogens with zero attached hydrogens (tertiary/aromatic N) is 4. The molecular formula is C29H33FN4O3S. The number of aryl methyl sites for hydroxylation is 2. The maximum absolute atomic E-state index is 15.3. The van der Waals surface area contributed by atoms with Gasteiger partial charge < -0.3 is 14.2 Å². The number of halogens is 1. The lowest BCUT2D eigenvalue weighted by molar-refractivity contribution is 0.144. The van der Waals surface area contributed by atoms with Crippen molar-refractivity contribution in [1.29, 1.82) is 0 Å². The molecule has 200 valence electrons. The Balaban J connectivity index is 1.42. The summed E-state index contributed by atoms with van der Waals surface area (Å²) in [5.41, 5.74) is 5.76. The van der Waals surface area contributed by atoms with Gasteiger partial charge in [0.15, 0.2) is 9.84 Å². The smallest absolute Gasteiger partial charge is 0.175 e. The molecule has 38 heavy (non-hydrogen) atoms. The van der Waals surface area contributed by atoms with Crippen LogP contribution in [0.25, 0.3) is 33.4 Å². The summed E-state index contributed by atoms with van der Waals surface area (Å²) >= 11 is 0. The topological polar surface area (TPSA) is 67.7 Å². The van der Waals surface area contributed by atoms with Crippen LogP contribution in [0.15, 0.2) is 59.5 Å². The largest absolute Gasteiger partial charge is 0.383 e. The highest BCUT2D eigenvalue weighted by atomic mass is 32.2. The van der Waals surface area contributed by atoms with Crippen LogP contribution in [0.2, 0.25) is 0 Å². The van der Waals surface area contributed by atoms with Crippen molar-refractivity contribution < 1.29 is 17.5 Å². The first-order valence-corrected chi connectivity index (χ1v) is 14.6. The van der Waals surface area contributed by atoms with Crippen LogP contribution in [0.5, 0.6) is 0 Å². The van der Waals surface area contributed by atoms with Crippen LogP contribution in [0.3, 0.4) is 0 Å². The fourth-order valence-electron chi connectivity index (χ4n) is 5.14. The molecule has 0 saturated carbocycles. The zero-order chi connectivity index (χ0) is 27.0. The highest BCUT2D eigenvalue weighted by Crippen LogP contribution is 2.33. The third kappa shape index (κ3) is 5.18. The van der Waals surface area contributed by atoms with Crippen molar-refractivity contribution in [1.82, 2.24) is 14.5 Å². The van der Waals surface area contributed by atoms with Gasteiger partial charge in [0.1, 0.15) is 5.82 Å². The van der Waals surface area contributed by atoms with Crippen molar-refractivity contribution in [2.24, 2.45) is 7.05 Å². The van der Waals surface area contributed by atoms with E-state index in [9.17, 15) is 8.42 Å². The van der Waals surface area contributed by atoms with Gasteiger partial charge in [-0.25, -0.2) is 12.8 Å². The van der Waals surface area contributed by atoms with E-state index in [0.717, 1.165) is 66.1 Å². The highest BCUT2D eigenvalue weighted by Gasteiger charge is 2.20. The molecule has 0 radical (unpaired) electrons. The summed E-state index contributed by atoms with van der Waals surface area (Å²) in [7, 11) is 0.424. The second kappa shape index (κ2) is 10.5. The molecule has 0 amide bonds. The molecule has 1 aliphatic rings. The van der Waals surface area contributed by atoms with Gasteiger partial charge in [0.2, 0.25) is 0 Å². The van der Waals surface area contributed by atoms with Gasteiger partial charge in [0, 0.05) is 75.5 Å². The number of ether oxygens (including phenoxy) is 1. The molecule has 0 bridgehead atoms. The number of benzene rings is 2. The maximum Gasteiger partial charge on any atom is 0.175 e. The van der Waals surface area contributed by atoms with E-state index < -0.39 is 9.84 Å². The number of rotatable bonds is 7. The Labute approximate surface area is 223 Å². The molecule has 3 heterocycles. The standard InChI is InChI=1S/C29H33FN4O3S/c1-20-24-18-28(21-5-8-23(9-6-21)38(4,35)36)32(2)29(24)19-26(31-20)22-7-10-27(25(30)17-22)34-13-11-33(12-14-34)15-16-37-3/h5-10,17-19H,11-16H2,1-4H3. The van der Waals surface area contributed by atoms with E-state index in [0.29, 0.717) is 22.9 Å². The Bertz CT molecular complexity index is 1570. The van der Waals surface area contributed by atoms with E-state index in [1.807, 2.05) is 44.3 Å². The molecule has 7 nitrogen and oxygen atoms in total. The number of hydrogen-bond donors (Lipinski definition) is 0. The predicted molar refractivity (Wildman–Crippen MR) is 150 cm³/mol. The van der Waals surface area contributed by atoms with Crippen LogP contribution in [0.4, 0.5) is 10.1 Å². The van der Waals surface area contributed by atoms with Gasteiger partial charge in [-0.05, 0) is 48.9 Å². The van der Waals surface area contributed by atoms with E-state index in [1.165, 1.54) is 6.26 Å². The third-order valence-electron chi connectivity index (χ3n) is 7.38. The second-order valence-electron chi connectivity index (χ2n) is 9.90. The molecule has 1 saturated heterocycles. The number of anilines is 1. The zero-order valence-electron chi connectivity index (χ0n) is 22.2. The zero-order valence-corrected chi connectivity index (χ0v) is 23.1. The second-order valence-corrected chi connectivity index (χ2v) is 11.9. The number of piperazine rings is 1. The van der Waals surface area contributed by atoms with Gasteiger partial charge in [0.05, 0.1) is 28.4 Å². The quantitative estimate of drug-likeness (QED) is 0.346. The molecule has 0 N–H and O–H groups in total.